The molecule has 1 N–H and O–H groups in total. The summed E-state index contributed by atoms with van der Waals surface area (Å²) in [5.41, 5.74) is 3.81. The third kappa shape index (κ3) is 4.82. The van der Waals surface area contributed by atoms with Crippen molar-refractivity contribution in [3.8, 4) is 0 Å². The number of benzene rings is 2. The van der Waals surface area contributed by atoms with Gasteiger partial charge in [0.15, 0.2) is 5.69 Å². The van der Waals surface area contributed by atoms with Gasteiger partial charge in [-0.25, -0.2) is 0 Å². The van der Waals surface area contributed by atoms with E-state index in [0.29, 0.717) is 5.69 Å². The molecule has 7 heteroatoms. The Morgan fingerprint density at radius 3 is 2.19 bits per heavy atom. The Balaban J connectivity index is 1.79. The lowest BCUT2D eigenvalue weighted by molar-refractivity contribution is -0.123. The zero-order chi connectivity index (χ0) is 21.8. The SMILES string of the molecule is Cc1ccc([C@@H](C(=O)NC2CCCC2)N(C(=O)c2csnn2)c2ccc(C)cc2)cc1. The molecule has 0 spiro atoms. The third-order valence-corrected chi connectivity index (χ3v) is 6.22. The second-order valence-electron chi connectivity index (χ2n) is 8.10. The Hall–Kier alpha value is -3.06. The van der Waals surface area contributed by atoms with Gasteiger partial charge in [-0.2, -0.15) is 0 Å². The molecule has 0 saturated heterocycles. The van der Waals surface area contributed by atoms with Crippen molar-refractivity contribution in [3.05, 3.63) is 76.3 Å². The van der Waals surface area contributed by atoms with Crippen molar-refractivity contribution in [2.24, 2.45) is 0 Å². The number of aryl methyl sites for hydroxylation is 2. The molecule has 2 amide bonds. The molecule has 1 aliphatic rings. The van der Waals surface area contributed by atoms with Crippen molar-refractivity contribution in [3.63, 3.8) is 0 Å². The average molecular weight is 435 g/mol. The van der Waals surface area contributed by atoms with Crippen molar-refractivity contribution >= 4 is 29.0 Å². The van der Waals surface area contributed by atoms with E-state index in [2.05, 4.69) is 14.9 Å². The van der Waals surface area contributed by atoms with Gasteiger partial charge < -0.3 is 5.32 Å². The molecule has 0 radical (unpaired) electrons. The predicted octanol–water partition coefficient (Wildman–Crippen LogP) is 4.60. The molecule has 4 rings (SSSR count). The van der Waals surface area contributed by atoms with Gasteiger partial charge >= 0.3 is 0 Å². The number of hydrogen-bond acceptors (Lipinski definition) is 5. The Bertz CT molecular complexity index is 1030. The van der Waals surface area contributed by atoms with Crippen LogP contribution in [0.15, 0.2) is 53.9 Å². The lowest BCUT2D eigenvalue weighted by atomic mass is 10.0. The second-order valence-corrected chi connectivity index (χ2v) is 8.71. The second kappa shape index (κ2) is 9.39. The molecule has 0 aliphatic heterocycles. The van der Waals surface area contributed by atoms with Crippen LogP contribution in [0.4, 0.5) is 5.69 Å². The molecule has 1 aromatic heterocycles. The quantitative estimate of drug-likeness (QED) is 0.615. The lowest BCUT2D eigenvalue weighted by Gasteiger charge is -2.32. The molecular formula is C24H26N4O2S. The minimum Gasteiger partial charge on any atom is -0.351 e. The van der Waals surface area contributed by atoms with Crippen molar-refractivity contribution in [1.82, 2.24) is 14.9 Å². The van der Waals surface area contributed by atoms with Crippen molar-refractivity contribution < 1.29 is 9.59 Å². The Morgan fingerprint density at radius 1 is 1.00 bits per heavy atom. The van der Waals surface area contributed by atoms with Crippen LogP contribution in [0.25, 0.3) is 0 Å². The van der Waals surface area contributed by atoms with Gasteiger partial charge in [0.25, 0.3) is 5.91 Å². The van der Waals surface area contributed by atoms with E-state index >= 15 is 0 Å². The molecular weight excluding hydrogens is 408 g/mol. The maximum atomic E-state index is 13.6. The van der Waals surface area contributed by atoms with Crippen LogP contribution in [0.1, 0.15) is 58.9 Å². The zero-order valence-electron chi connectivity index (χ0n) is 17.7. The zero-order valence-corrected chi connectivity index (χ0v) is 18.6. The fourth-order valence-corrected chi connectivity index (χ4v) is 4.42. The maximum Gasteiger partial charge on any atom is 0.280 e. The smallest absolute Gasteiger partial charge is 0.280 e. The number of anilines is 1. The van der Waals surface area contributed by atoms with Crippen molar-refractivity contribution in [1.29, 1.82) is 0 Å². The van der Waals surface area contributed by atoms with Crippen LogP contribution in [-0.2, 0) is 4.79 Å². The molecule has 6 nitrogen and oxygen atoms in total. The van der Waals surface area contributed by atoms with Crippen LogP contribution in [0.5, 0.6) is 0 Å². The fourth-order valence-electron chi connectivity index (χ4n) is 3.99. The molecule has 31 heavy (non-hydrogen) atoms. The van der Waals surface area contributed by atoms with E-state index in [1.807, 2.05) is 62.4 Å². The molecule has 1 aliphatic carbocycles. The van der Waals surface area contributed by atoms with E-state index in [1.54, 1.807) is 10.3 Å². The van der Waals surface area contributed by atoms with Crippen LogP contribution in [0.3, 0.4) is 0 Å². The van der Waals surface area contributed by atoms with E-state index in [9.17, 15) is 9.59 Å². The Morgan fingerprint density at radius 2 is 1.61 bits per heavy atom. The minimum atomic E-state index is -0.807. The molecule has 1 heterocycles. The summed E-state index contributed by atoms with van der Waals surface area (Å²) < 4.78 is 3.85. The summed E-state index contributed by atoms with van der Waals surface area (Å²) in [5.74, 6) is -0.516. The highest BCUT2D eigenvalue weighted by molar-refractivity contribution is 7.03. The van der Waals surface area contributed by atoms with E-state index in [0.717, 1.165) is 53.9 Å². The Kier molecular flexibility index (Phi) is 6.42. The largest absolute Gasteiger partial charge is 0.351 e. The number of amides is 2. The number of aromatic nitrogens is 2. The standard InChI is InChI=1S/C24H26N4O2S/c1-16-7-11-18(12-8-16)22(23(29)25-19-5-3-4-6-19)28(20-13-9-17(2)10-14-20)24(30)21-15-31-27-26-21/h7-15,19,22H,3-6H2,1-2H3,(H,25,29)/t22-/m0/s1. The van der Waals surface area contributed by atoms with Gasteiger partial charge in [-0.15, -0.1) is 5.10 Å². The summed E-state index contributed by atoms with van der Waals surface area (Å²) >= 11 is 1.12. The third-order valence-electron chi connectivity index (χ3n) is 5.71. The summed E-state index contributed by atoms with van der Waals surface area (Å²) in [6, 6.07) is 14.7. The van der Waals surface area contributed by atoms with E-state index in [-0.39, 0.29) is 23.6 Å². The minimum absolute atomic E-state index is 0.149. The van der Waals surface area contributed by atoms with Gasteiger partial charge in [0.1, 0.15) is 6.04 Å². The van der Waals surface area contributed by atoms with E-state index in [1.165, 1.54) is 0 Å². The molecule has 1 atom stereocenters. The average Bonchev–Trinajstić information content (AvgIpc) is 3.47. The lowest BCUT2D eigenvalue weighted by Crippen LogP contribution is -2.46. The number of nitrogens with zero attached hydrogens (tertiary/aromatic N) is 3. The van der Waals surface area contributed by atoms with Crippen LogP contribution in [0, 0.1) is 13.8 Å². The highest BCUT2D eigenvalue weighted by Gasteiger charge is 2.35. The molecule has 1 fully saturated rings. The number of rotatable bonds is 6. The summed E-state index contributed by atoms with van der Waals surface area (Å²) in [4.78, 5) is 28.7. The molecule has 1 saturated carbocycles. The number of carbonyl (C=O) groups excluding carboxylic acids is 2. The van der Waals surface area contributed by atoms with Gasteiger partial charge in [0, 0.05) is 17.1 Å². The van der Waals surface area contributed by atoms with Crippen LogP contribution in [0.2, 0.25) is 0 Å². The summed E-state index contributed by atoms with van der Waals surface area (Å²) in [7, 11) is 0. The highest BCUT2D eigenvalue weighted by atomic mass is 32.1. The first-order valence-electron chi connectivity index (χ1n) is 10.6. The maximum absolute atomic E-state index is 13.6. The molecule has 2 aromatic carbocycles. The van der Waals surface area contributed by atoms with Crippen LogP contribution < -0.4 is 10.2 Å². The molecule has 160 valence electrons. The Labute approximate surface area is 186 Å². The van der Waals surface area contributed by atoms with Gasteiger partial charge in [-0.05, 0) is 55.9 Å². The predicted molar refractivity (Wildman–Crippen MR) is 122 cm³/mol. The van der Waals surface area contributed by atoms with Crippen LogP contribution in [-0.4, -0.2) is 27.4 Å². The van der Waals surface area contributed by atoms with Crippen molar-refractivity contribution in [2.75, 3.05) is 4.90 Å². The number of nitrogens with one attached hydrogen (secondary N) is 1. The number of carbonyl (C=O) groups is 2. The highest BCUT2D eigenvalue weighted by Crippen LogP contribution is 2.31. The summed E-state index contributed by atoms with van der Waals surface area (Å²) in [6.45, 7) is 3.99. The number of hydrogen-bond donors (Lipinski definition) is 1. The topological polar surface area (TPSA) is 75.2 Å². The van der Waals surface area contributed by atoms with Crippen LogP contribution >= 0.6 is 11.5 Å². The van der Waals surface area contributed by atoms with Gasteiger partial charge in [-0.1, -0.05) is 64.9 Å². The summed E-state index contributed by atoms with van der Waals surface area (Å²) in [5, 5.41) is 8.78. The summed E-state index contributed by atoms with van der Waals surface area (Å²) in [6.07, 6.45) is 4.18. The van der Waals surface area contributed by atoms with E-state index < -0.39 is 6.04 Å². The molecule has 3 aromatic rings. The molecule has 0 bridgehead atoms. The first kappa shape index (κ1) is 21.2. The fraction of sp³-hybridized carbons (Fsp3) is 0.333. The first-order valence-corrected chi connectivity index (χ1v) is 11.4. The normalized spacial score (nSPS) is 14.9. The molecule has 0 unspecified atom stereocenters. The van der Waals surface area contributed by atoms with Gasteiger partial charge in [0.2, 0.25) is 5.91 Å². The monoisotopic (exact) mass is 434 g/mol. The van der Waals surface area contributed by atoms with Gasteiger partial charge in [0.05, 0.1) is 0 Å². The van der Waals surface area contributed by atoms with E-state index in [4.69, 9.17) is 0 Å². The van der Waals surface area contributed by atoms with Gasteiger partial charge in [-0.3, -0.25) is 14.5 Å². The first-order chi connectivity index (χ1) is 15.0. The van der Waals surface area contributed by atoms with Crippen molar-refractivity contribution in [2.45, 2.75) is 51.6 Å².